The SMILES string of the molecule is CCOc1nc(CN2CC3(CC(N4CCC(C)(C(=O)O)CC4)=NO3)C2)cc(C2CC2)c1-c1ccc(F)cc1. The molecule has 2 saturated heterocycles. The fourth-order valence-electron chi connectivity index (χ4n) is 5.96. The Balaban J connectivity index is 1.12. The molecule has 202 valence electrons. The van der Waals surface area contributed by atoms with E-state index in [1.807, 2.05) is 13.8 Å². The van der Waals surface area contributed by atoms with Gasteiger partial charge in [0.2, 0.25) is 5.88 Å². The van der Waals surface area contributed by atoms with Gasteiger partial charge in [-0.3, -0.25) is 9.69 Å². The van der Waals surface area contributed by atoms with E-state index < -0.39 is 11.4 Å². The van der Waals surface area contributed by atoms with Crippen molar-refractivity contribution in [3.63, 3.8) is 0 Å². The average molecular weight is 523 g/mol. The summed E-state index contributed by atoms with van der Waals surface area (Å²) < 4.78 is 19.6. The predicted molar refractivity (Wildman–Crippen MR) is 140 cm³/mol. The van der Waals surface area contributed by atoms with Crippen LogP contribution in [-0.2, 0) is 16.2 Å². The van der Waals surface area contributed by atoms with Gasteiger partial charge in [-0.05, 0) is 74.8 Å². The van der Waals surface area contributed by atoms with Crippen LogP contribution in [0.15, 0.2) is 35.5 Å². The van der Waals surface area contributed by atoms with Crippen molar-refractivity contribution in [2.45, 2.75) is 64.0 Å². The summed E-state index contributed by atoms with van der Waals surface area (Å²) in [6, 6.07) is 8.79. The number of likely N-dealkylation sites (tertiary alicyclic amines) is 2. The molecule has 1 aromatic carbocycles. The molecule has 1 aromatic heterocycles. The van der Waals surface area contributed by atoms with E-state index in [1.165, 1.54) is 17.7 Å². The van der Waals surface area contributed by atoms with E-state index >= 15 is 0 Å². The van der Waals surface area contributed by atoms with Crippen LogP contribution in [0.3, 0.4) is 0 Å². The predicted octanol–water partition coefficient (Wildman–Crippen LogP) is 4.64. The van der Waals surface area contributed by atoms with Gasteiger partial charge in [-0.25, -0.2) is 9.37 Å². The lowest BCUT2D eigenvalue weighted by atomic mass is 9.80. The highest BCUT2D eigenvalue weighted by Gasteiger charge is 2.51. The number of halogens is 1. The van der Waals surface area contributed by atoms with E-state index in [0.29, 0.717) is 50.9 Å². The van der Waals surface area contributed by atoms with Gasteiger partial charge in [0, 0.05) is 38.3 Å². The number of hydrogen-bond donors (Lipinski definition) is 1. The summed E-state index contributed by atoms with van der Waals surface area (Å²) in [5.74, 6) is 1.07. The summed E-state index contributed by atoms with van der Waals surface area (Å²) in [4.78, 5) is 26.9. The van der Waals surface area contributed by atoms with Crippen LogP contribution in [0, 0.1) is 11.2 Å². The second kappa shape index (κ2) is 9.52. The van der Waals surface area contributed by atoms with Crippen LogP contribution in [0.5, 0.6) is 5.88 Å². The molecule has 2 aromatic rings. The highest BCUT2D eigenvalue weighted by molar-refractivity contribution is 5.85. The topological polar surface area (TPSA) is 87.5 Å². The Kier molecular flexibility index (Phi) is 6.29. The molecular formula is C29H35FN4O4. The third-order valence-electron chi connectivity index (χ3n) is 8.48. The van der Waals surface area contributed by atoms with Gasteiger partial charge in [0.25, 0.3) is 0 Å². The first kappa shape index (κ1) is 25.1. The van der Waals surface area contributed by atoms with Gasteiger partial charge in [0.05, 0.1) is 24.1 Å². The van der Waals surface area contributed by atoms with E-state index in [4.69, 9.17) is 14.6 Å². The molecular weight excluding hydrogens is 487 g/mol. The van der Waals surface area contributed by atoms with Gasteiger partial charge >= 0.3 is 5.97 Å². The van der Waals surface area contributed by atoms with Crippen molar-refractivity contribution >= 4 is 11.8 Å². The van der Waals surface area contributed by atoms with Crippen LogP contribution >= 0.6 is 0 Å². The number of aromatic nitrogens is 1. The van der Waals surface area contributed by atoms with E-state index in [2.05, 4.69) is 21.0 Å². The first-order valence-corrected chi connectivity index (χ1v) is 13.7. The maximum absolute atomic E-state index is 13.6. The Morgan fingerprint density at radius 1 is 1.21 bits per heavy atom. The number of amidine groups is 1. The van der Waals surface area contributed by atoms with Crippen molar-refractivity contribution in [1.82, 2.24) is 14.8 Å². The summed E-state index contributed by atoms with van der Waals surface area (Å²) >= 11 is 0. The minimum absolute atomic E-state index is 0.253. The highest BCUT2D eigenvalue weighted by atomic mass is 19.1. The lowest BCUT2D eigenvalue weighted by Gasteiger charge is -2.45. The zero-order valence-corrected chi connectivity index (χ0v) is 22.1. The summed E-state index contributed by atoms with van der Waals surface area (Å²) in [6.45, 7) is 7.92. The summed E-state index contributed by atoms with van der Waals surface area (Å²) in [7, 11) is 0. The highest BCUT2D eigenvalue weighted by Crippen LogP contribution is 2.48. The smallest absolute Gasteiger partial charge is 0.309 e. The molecule has 1 spiro atoms. The zero-order chi connectivity index (χ0) is 26.5. The molecule has 1 aliphatic carbocycles. The van der Waals surface area contributed by atoms with Crippen LogP contribution in [0.2, 0.25) is 0 Å². The summed E-state index contributed by atoms with van der Waals surface area (Å²) in [5, 5.41) is 13.9. The Bertz CT molecular complexity index is 1250. The lowest BCUT2D eigenvalue weighted by molar-refractivity contribution is -0.150. The standard InChI is InChI=1S/C29H35FN4O4/c1-3-37-26-25(20-6-8-21(30)9-7-20)23(19-4-5-19)14-22(31-26)16-33-17-29(18-33)15-24(32-38-29)34-12-10-28(2,11-13-34)27(35)36/h6-9,14,19H,3-5,10-13,15-18H2,1-2H3,(H,35,36). The van der Waals surface area contributed by atoms with Crippen LogP contribution in [0.4, 0.5) is 4.39 Å². The zero-order valence-electron chi connectivity index (χ0n) is 22.1. The molecule has 0 atom stereocenters. The molecule has 38 heavy (non-hydrogen) atoms. The number of hydrogen-bond acceptors (Lipinski definition) is 7. The molecule has 1 saturated carbocycles. The molecule has 0 bridgehead atoms. The van der Waals surface area contributed by atoms with Crippen LogP contribution in [0.1, 0.15) is 63.1 Å². The number of carbonyl (C=O) groups is 1. The number of rotatable bonds is 7. The molecule has 4 heterocycles. The number of carboxylic acid groups (broad SMARTS) is 1. The minimum atomic E-state index is -0.718. The number of pyridine rings is 1. The Morgan fingerprint density at radius 3 is 2.55 bits per heavy atom. The van der Waals surface area contributed by atoms with Gasteiger partial charge < -0.3 is 19.6 Å². The third kappa shape index (κ3) is 4.72. The van der Waals surface area contributed by atoms with Crippen molar-refractivity contribution in [3.8, 4) is 17.0 Å². The molecule has 0 radical (unpaired) electrons. The molecule has 0 amide bonds. The quantitative estimate of drug-likeness (QED) is 0.567. The summed E-state index contributed by atoms with van der Waals surface area (Å²) in [6.07, 6.45) is 4.27. The first-order chi connectivity index (χ1) is 18.3. The molecule has 9 heteroatoms. The van der Waals surface area contributed by atoms with E-state index in [1.54, 1.807) is 12.1 Å². The number of ether oxygens (including phenoxy) is 1. The van der Waals surface area contributed by atoms with Crippen molar-refractivity contribution in [1.29, 1.82) is 0 Å². The van der Waals surface area contributed by atoms with Crippen molar-refractivity contribution in [2.75, 3.05) is 32.8 Å². The maximum Gasteiger partial charge on any atom is 0.309 e. The van der Waals surface area contributed by atoms with Gasteiger partial charge in [0.15, 0.2) is 5.60 Å². The molecule has 1 N–H and O–H groups in total. The Hall–Kier alpha value is -3.20. The second-order valence-electron chi connectivity index (χ2n) is 11.6. The van der Waals surface area contributed by atoms with E-state index in [0.717, 1.165) is 55.0 Å². The van der Waals surface area contributed by atoms with Crippen molar-refractivity contribution in [3.05, 3.63) is 47.4 Å². The largest absolute Gasteiger partial charge is 0.481 e. The third-order valence-corrected chi connectivity index (χ3v) is 8.48. The molecule has 3 aliphatic heterocycles. The number of oxime groups is 1. The van der Waals surface area contributed by atoms with Gasteiger partial charge in [0.1, 0.15) is 11.7 Å². The first-order valence-electron chi connectivity index (χ1n) is 13.7. The van der Waals surface area contributed by atoms with Crippen LogP contribution < -0.4 is 4.74 Å². The number of benzene rings is 1. The Morgan fingerprint density at radius 2 is 1.92 bits per heavy atom. The van der Waals surface area contributed by atoms with E-state index in [9.17, 15) is 14.3 Å². The molecule has 8 nitrogen and oxygen atoms in total. The second-order valence-corrected chi connectivity index (χ2v) is 11.6. The molecule has 3 fully saturated rings. The van der Waals surface area contributed by atoms with Gasteiger partial charge in [-0.1, -0.05) is 17.3 Å². The van der Waals surface area contributed by atoms with Crippen molar-refractivity contribution in [2.24, 2.45) is 10.6 Å². The average Bonchev–Trinajstić information content (AvgIpc) is 3.63. The fraction of sp³-hybridized carbons (Fsp3) is 0.552. The maximum atomic E-state index is 13.6. The fourth-order valence-corrected chi connectivity index (χ4v) is 5.96. The van der Waals surface area contributed by atoms with Gasteiger partial charge in [-0.2, -0.15) is 0 Å². The van der Waals surface area contributed by atoms with Gasteiger partial charge in [-0.15, -0.1) is 0 Å². The van der Waals surface area contributed by atoms with Crippen LogP contribution in [-0.4, -0.2) is 70.1 Å². The normalized spacial score (nSPS) is 22.1. The summed E-state index contributed by atoms with van der Waals surface area (Å²) in [5.41, 5.74) is 3.17. The number of nitrogens with zero attached hydrogens (tertiary/aromatic N) is 4. The van der Waals surface area contributed by atoms with Crippen molar-refractivity contribution < 1.29 is 23.9 Å². The van der Waals surface area contributed by atoms with E-state index in [-0.39, 0.29) is 11.4 Å². The molecule has 0 unspecified atom stereocenters. The molecule has 4 aliphatic rings. The van der Waals surface area contributed by atoms with Crippen LogP contribution in [0.25, 0.3) is 11.1 Å². The molecule has 6 rings (SSSR count). The Labute approximate surface area is 222 Å². The number of aliphatic carboxylic acids is 1. The number of carboxylic acids is 1. The minimum Gasteiger partial charge on any atom is -0.481 e. The lowest BCUT2D eigenvalue weighted by Crippen LogP contribution is -2.61. The number of piperidine rings is 1. The monoisotopic (exact) mass is 522 g/mol.